The molecular weight excluding hydrogens is 392 g/mol. The van der Waals surface area contributed by atoms with Crippen molar-refractivity contribution in [3.05, 3.63) is 95.2 Å². The fraction of sp³-hybridized carbons (Fsp3) is 0.120. The highest BCUT2D eigenvalue weighted by molar-refractivity contribution is 6.11. The average Bonchev–Trinajstić information content (AvgIpc) is 2.79. The van der Waals surface area contributed by atoms with Gasteiger partial charge in [0.15, 0.2) is 0 Å². The van der Waals surface area contributed by atoms with Gasteiger partial charge < -0.3 is 20.1 Å². The second-order valence-corrected chi connectivity index (χ2v) is 6.77. The number of carbonyl (C=O) groups is 2. The molecule has 0 radical (unpaired) electrons. The third-order valence-corrected chi connectivity index (χ3v) is 4.60. The van der Waals surface area contributed by atoms with Crippen molar-refractivity contribution in [3.8, 4) is 11.5 Å². The fourth-order valence-electron chi connectivity index (χ4n) is 2.94. The number of hydrogen-bond donors (Lipinski definition) is 2. The smallest absolute Gasteiger partial charge is 0.272 e. The number of anilines is 1. The summed E-state index contributed by atoms with van der Waals surface area (Å²) in [5, 5.41) is 5.52. The fourth-order valence-corrected chi connectivity index (χ4v) is 2.94. The quantitative estimate of drug-likeness (QED) is 0.559. The number of rotatable bonds is 7. The Labute approximate surface area is 181 Å². The summed E-state index contributed by atoms with van der Waals surface area (Å²) in [6.07, 6.45) is 1.58. The molecule has 0 heterocycles. The van der Waals surface area contributed by atoms with Gasteiger partial charge in [0.05, 0.1) is 19.9 Å². The van der Waals surface area contributed by atoms with Crippen LogP contribution >= 0.6 is 0 Å². The lowest BCUT2D eigenvalue weighted by molar-refractivity contribution is -0.113. The lowest BCUT2D eigenvalue weighted by atomic mass is 10.1. The highest BCUT2D eigenvalue weighted by Crippen LogP contribution is 2.25. The van der Waals surface area contributed by atoms with Gasteiger partial charge in [-0.15, -0.1) is 0 Å². The Morgan fingerprint density at radius 3 is 2.10 bits per heavy atom. The SMILES string of the molecule is COc1ccccc1/C=C(/NC(=O)c1ccc(C)cc1)C(=O)Nc1ccccc1OC. The summed E-state index contributed by atoms with van der Waals surface area (Å²) < 4.78 is 10.7. The van der Waals surface area contributed by atoms with Crippen LogP contribution in [-0.4, -0.2) is 26.0 Å². The van der Waals surface area contributed by atoms with E-state index in [-0.39, 0.29) is 5.70 Å². The largest absolute Gasteiger partial charge is 0.496 e. The lowest BCUT2D eigenvalue weighted by Crippen LogP contribution is -2.30. The minimum absolute atomic E-state index is 0.0704. The zero-order chi connectivity index (χ0) is 22.2. The molecule has 0 bridgehead atoms. The summed E-state index contributed by atoms with van der Waals surface area (Å²) in [6, 6.07) is 21.4. The van der Waals surface area contributed by atoms with E-state index in [1.807, 2.05) is 31.2 Å². The van der Waals surface area contributed by atoms with Gasteiger partial charge in [0.2, 0.25) is 0 Å². The molecule has 158 valence electrons. The van der Waals surface area contributed by atoms with Crippen LogP contribution in [0.25, 0.3) is 6.08 Å². The third-order valence-electron chi connectivity index (χ3n) is 4.60. The predicted molar refractivity (Wildman–Crippen MR) is 121 cm³/mol. The van der Waals surface area contributed by atoms with E-state index in [1.165, 1.54) is 7.11 Å². The van der Waals surface area contributed by atoms with E-state index in [9.17, 15) is 9.59 Å². The summed E-state index contributed by atoms with van der Waals surface area (Å²) in [6.45, 7) is 1.94. The van der Waals surface area contributed by atoms with Crippen LogP contribution < -0.4 is 20.1 Å². The first-order valence-corrected chi connectivity index (χ1v) is 9.69. The number of benzene rings is 3. The third kappa shape index (κ3) is 5.51. The summed E-state index contributed by atoms with van der Waals surface area (Å²) in [5.41, 5.74) is 2.70. The molecule has 6 nitrogen and oxygen atoms in total. The Morgan fingerprint density at radius 2 is 1.42 bits per heavy atom. The maximum Gasteiger partial charge on any atom is 0.272 e. The van der Waals surface area contributed by atoms with Crippen LogP contribution in [0, 0.1) is 6.92 Å². The standard InChI is InChI=1S/C25H24N2O4/c1-17-12-14-18(15-13-17)24(28)27-21(16-19-8-4-6-10-22(19)30-2)25(29)26-20-9-5-7-11-23(20)31-3/h4-16H,1-3H3,(H,26,29)(H,27,28)/b21-16+. The van der Waals surface area contributed by atoms with Gasteiger partial charge in [0.25, 0.3) is 11.8 Å². The first kappa shape index (κ1) is 21.6. The Morgan fingerprint density at radius 1 is 0.806 bits per heavy atom. The monoisotopic (exact) mass is 416 g/mol. The van der Waals surface area contributed by atoms with Crippen molar-refractivity contribution in [2.24, 2.45) is 0 Å². The van der Waals surface area contributed by atoms with Gasteiger partial charge in [-0.2, -0.15) is 0 Å². The van der Waals surface area contributed by atoms with E-state index < -0.39 is 11.8 Å². The van der Waals surface area contributed by atoms with Gasteiger partial charge in [-0.25, -0.2) is 0 Å². The summed E-state index contributed by atoms with van der Waals surface area (Å²) in [4.78, 5) is 25.9. The molecule has 3 rings (SSSR count). The second-order valence-electron chi connectivity index (χ2n) is 6.77. The molecule has 6 heteroatoms. The molecule has 0 saturated carbocycles. The van der Waals surface area contributed by atoms with Crippen LogP contribution in [0.2, 0.25) is 0 Å². The maximum absolute atomic E-state index is 13.1. The van der Waals surface area contributed by atoms with E-state index in [1.54, 1.807) is 61.7 Å². The van der Waals surface area contributed by atoms with Crippen LogP contribution in [0.15, 0.2) is 78.5 Å². The number of para-hydroxylation sites is 3. The van der Waals surface area contributed by atoms with Crippen LogP contribution in [0.1, 0.15) is 21.5 Å². The highest BCUT2D eigenvalue weighted by Gasteiger charge is 2.17. The summed E-state index contributed by atoms with van der Waals surface area (Å²) >= 11 is 0. The molecule has 0 aliphatic carbocycles. The molecule has 0 atom stereocenters. The second kappa shape index (κ2) is 10.1. The van der Waals surface area contributed by atoms with Crippen molar-refractivity contribution in [1.29, 1.82) is 0 Å². The van der Waals surface area contributed by atoms with Gasteiger partial charge in [-0.1, -0.05) is 48.0 Å². The summed E-state index contributed by atoms with van der Waals surface area (Å²) in [7, 11) is 3.07. The van der Waals surface area contributed by atoms with Gasteiger partial charge in [-0.3, -0.25) is 9.59 Å². The Kier molecular flexibility index (Phi) is 7.06. The number of carbonyl (C=O) groups excluding carboxylic acids is 2. The number of hydrogen-bond acceptors (Lipinski definition) is 4. The minimum Gasteiger partial charge on any atom is -0.496 e. The van der Waals surface area contributed by atoms with Crippen LogP contribution in [-0.2, 0) is 4.79 Å². The Bertz CT molecular complexity index is 1100. The van der Waals surface area contributed by atoms with Gasteiger partial charge in [0, 0.05) is 11.1 Å². The van der Waals surface area contributed by atoms with Crippen molar-refractivity contribution in [3.63, 3.8) is 0 Å². The molecule has 0 aliphatic rings. The molecule has 0 fully saturated rings. The molecule has 2 amide bonds. The zero-order valence-corrected chi connectivity index (χ0v) is 17.6. The minimum atomic E-state index is -0.490. The van der Waals surface area contributed by atoms with E-state index in [0.717, 1.165) is 5.56 Å². The van der Waals surface area contributed by atoms with Gasteiger partial charge >= 0.3 is 0 Å². The zero-order valence-electron chi connectivity index (χ0n) is 17.6. The van der Waals surface area contributed by atoms with Crippen LogP contribution in [0.5, 0.6) is 11.5 Å². The predicted octanol–water partition coefficient (Wildman–Crippen LogP) is 4.42. The van der Waals surface area contributed by atoms with Gasteiger partial charge in [0.1, 0.15) is 17.2 Å². The molecule has 0 saturated heterocycles. The molecule has 31 heavy (non-hydrogen) atoms. The van der Waals surface area contributed by atoms with Gasteiger partial charge in [-0.05, 0) is 43.3 Å². The molecule has 3 aromatic carbocycles. The number of ether oxygens (including phenoxy) is 2. The molecule has 0 spiro atoms. The van der Waals surface area contributed by atoms with Crippen LogP contribution in [0.3, 0.4) is 0 Å². The number of nitrogens with one attached hydrogen (secondary N) is 2. The highest BCUT2D eigenvalue weighted by atomic mass is 16.5. The molecule has 0 aliphatic heterocycles. The van der Waals surface area contributed by atoms with Crippen molar-refractivity contribution in [2.75, 3.05) is 19.5 Å². The van der Waals surface area contributed by atoms with E-state index >= 15 is 0 Å². The van der Waals surface area contributed by atoms with Crippen LogP contribution in [0.4, 0.5) is 5.69 Å². The number of aryl methyl sites for hydroxylation is 1. The lowest BCUT2D eigenvalue weighted by Gasteiger charge is -2.14. The number of methoxy groups -OCH3 is 2. The first-order valence-electron chi connectivity index (χ1n) is 9.69. The molecular formula is C25H24N2O4. The maximum atomic E-state index is 13.1. The summed E-state index contributed by atoms with van der Waals surface area (Å²) in [5.74, 6) is 0.208. The van der Waals surface area contributed by atoms with E-state index in [4.69, 9.17) is 9.47 Å². The molecule has 0 aromatic heterocycles. The molecule has 0 unspecified atom stereocenters. The van der Waals surface area contributed by atoms with Crippen molar-refractivity contribution in [1.82, 2.24) is 5.32 Å². The van der Waals surface area contributed by atoms with E-state index in [0.29, 0.717) is 28.3 Å². The Balaban J connectivity index is 1.95. The first-order chi connectivity index (χ1) is 15.0. The van der Waals surface area contributed by atoms with Crippen molar-refractivity contribution >= 4 is 23.6 Å². The van der Waals surface area contributed by atoms with E-state index in [2.05, 4.69) is 10.6 Å². The normalized spacial score (nSPS) is 10.9. The van der Waals surface area contributed by atoms with Crippen molar-refractivity contribution < 1.29 is 19.1 Å². The molecule has 3 aromatic rings. The number of amides is 2. The molecule has 2 N–H and O–H groups in total. The van der Waals surface area contributed by atoms with Crippen molar-refractivity contribution in [2.45, 2.75) is 6.92 Å². The Hall–Kier alpha value is -4.06. The topological polar surface area (TPSA) is 76.7 Å². The average molecular weight is 416 g/mol.